The summed E-state index contributed by atoms with van der Waals surface area (Å²) in [6, 6.07) is 7.74. The molecule has 0 fully saturated rings. The number of carbonyl (C=O) groups is 1. The lowest BCUT2D eigenvalue weighted by atomic mass is 9.95. The van der Waals surface area contributed by atoms with E-state index >= 15 is 0 Å². The lowest BCUT2D eigenvalue weighted by molar-refractivity contribution is -0.121. The summed E-state index contributed by atoms with van der Waals surface area (Å²) in [6.07, 6.45) is 2.01. The molecule has 0 aliphatic rings. The number of carbonyl (C=O) groups excluding carboxylic acids is 1. The van der Waals surface area contributed by atoms with Crippen LogP contribution in [0.4, 0.5) is 0 Å². The van der Waals surface area contributed by atoms with Crippen molar-refractivity contribution in [3.63, 3.8) is 0 Å². The topological polar surface area (TPSA) is 29.1 Å². The van der Waals surface area contributed by atoms with Crippen LogP contribution in [0.15, 0.2) is 39.3 Å². The van der Waals surface area contributed by atoms with Crippen molar-refractivity contribution in [3.8, 4) is 0 Å². The van der Waals surface area contributed by atoms with Gasteiger partial charge in [0.25, 0.3) is 0 Å². The van der Waals surface area contributed by atoms with Gasteiger partial charge in [0.1, 0.15) is 4.49 Å². The minimum Gasteiger partial charge on any atom is -0.356 e. The Kier molecular flexibility index (Phi) is 6.76. The Balaban J connectivity index is 2.88. The first kappa shape index (κ1) is 15.5. The summed E-state index contributed by atoms with van der Waals surface area (Å²) in [7, 11) is 0. The second-order valence-electron chi connectivity index (χ2n) is 3.77. The molecule has 1 aromatic carbocycles. The Hall–Kier alpha value is -0.510. The zero-order valence-corrected chi connectivity index (χ0v) is 13.0. The molecule has 18 heavy (non-hydrogen) atoms. The quantitative estimate of drug-likeness (QED) is 0.838. The molecule has 1 rings (SSSR count). The lowest BCUT2D eigenvalue weighted by Crippen LogP contribution is -2.24. The maximum atomic E-state index is 11.6. The van der Waals surface area contributed by atoms with E-state index in [0.717, 1.165) is 10.0 Å². The zero-order valence-electron chi connectivity index (χ0n) is 9.92. The highest BCUT2D eigenvalue weighted by Gasteiger charge is 2.14. The lowest BCUT2D eigenvalue weighted by Gasteiger charge is -2.13. The number of allylic oxidation sites excluding steroid dienone is 1. The number of hydrogen-bond donors (Lipinski definition) is 1. The number of nitrogens with one attached hydrogen (secondary N) is 1. The van der Waals surface area contributed by atoms with Crippen molar-refractivity contribution in [1.29, 1.82) is 0 Å². The van der Waals surface area contributed by atoms with Gasteiger partial charge in [0.2, 0.25) is 5.91 Å². The summed E-state index contributed by atoms with van der Waals surface area (Å²) in [5.74, 6) is -0.133. The van der Waals surface area contributed by atoms with Crippen LogP contribution in [0.2, 0.25) is 0 Å². The largest absolute Gasteiger partial charge is 0.356 e. The van der Waals surface area contributed by atoms with Crippen LogP contribution in [0.1, 0.15) is 24.8 Å². The van der Waals surface area contributed by atoms with Gasteiger partial charge in [0.15, 0.2) is 0 Å². The highest BCUT2D eigenvalue weighted by atomic mass is 79.9. The van der Waals surface area contributed by atoms with Gasteiger partial charge in [0, 0.05) is 23.4 Å². The van der Waals surface area contributed by atoms with Gasteiger partial charge in [-0.2, -0.15) is 0 Å². The van der Waals surface area contributed by atoms with Crippen LogP contribution in [-0.2, 0) is 4.79 Å². The van der Waals surface area contributed by atoms with Crippen LogP contribution >= 0.6 is 39.1 Å². The molecule has 0 unspecified atom stereocenters. The summed E-state index contributed by atoms with van der Waals surface area (Å²) in [4.78, 5) is 11.6. The Morgan fingerprint density at radius 2 is 2.00 bits per heavy atom. The van der Waals surface area contributed by atoms with E-state index in [-0.39, 0.29) is 16.3 Å². The maximum Gasteiger partial charge on any atom is 0.220 e. The van der Waals surface area contributed by atoms with Crippen molar-refractivity contribution in [2.75, 3.05) is 6.54 Å². The highest BCUT2D eigenvalue weighted by molar-refractivity contribution is 9.10. The fourth-order valence-corrected chi connectivity index (χ4v) is 2.17. The van der Waals surface area contributed by atoms with Crippen LogP contribution in [0, 0.1) is 0 Å². The van der Waals surface area contributed by atoms with Gasteiger partial charge in [-0.15, -0.1) is 0 Å². The predicted molar refractivity (Wildman–Crippen MR) is 80.0 cm³/mol. The molecule has 0 aliphatic carbocycles. The first-order valence-corrected chi connectivity index (χ1v) is 7.12. The van der Waals surface area contributed by atoms with E-state index < -0.39 is 0 Å². The Bertz CT molecular complexity index is 427. The van der Waals surface area contributed by atoms with Gasteiger partial charge < -0.3 is 5.32 Å². The molecule has 0 aliphatic heterocycles. The third-order valence-electron chi connectivity index (χ3n) is 2.40. The average Bonchev–Trinajstić information content (AvgIpc) is 2.28. The Morgan fingerprint density at radius 3 is 2.50 bits per heavy atom. The van der Waals surface area contributed by atoms with E-state index in [4.69, 9.17) is 23.2 Å². The highest BCUT2D eigenvalue weighted by Crippen LogP contribution is 2.26. The normalized spacial score (nSPS) is 11.8. The number of halogens is 3. The zero-order chi connectivity index (χ0) is 13.5. The van der Waals surface area contributed by atoms with Crippen LogP contribution in [0.3, 0.4) is 0 Å². The Labute approximate surface area is 125 Å². The predicted octanol–water partition coefficient (Wildman–Crippen LogP) is 4.38. The molecule has 1 atom stereocenters. The van der Waals surface area contributed by atoms with Gasteiger partial charge in [-0.3, -0.25) is 4.79 Å². The van der Waals surface area contributed by atoms with Crippen molar-refractivity contribution in [2.45, 2.75) is 19.3 Å². The number of benzene rings is 1. The molecule has 2 nitrogen and oxygen atoms in total. The fourth-order valence-electron chi connectivity index (χ4n) is 1.60. The molecule has 0 heterocycles. The summed E-state index contributed by atoms with van der Waals surface area (Å²) < 4.78 is 1.16. The minimum absolute atomic E-state index is 0.0174. The first-order valence-electron chi connectivity index (χ1n) is 5.58. The summed E-state index contributed by atoms with van der Waals surface area (Å²) in [5, 5.41) is 2.77. The van der Waals surface area contributed by atoms with Crippen molar-refractivity contribution in [2.24, 2.45) is 0 Å². The van der Waals surface area contributed by atoms with Gasteiger partial charge >= 0.3 is 0 Å². The number of rotatable bonds is 5. The smallest absolute Gasteiger partial charge is 0.220 e. The van der Waals surface area contributed by atoms with Crippen LogP contribution < -0.4 is 5.32 Å². The standard InChI is InChI=1S/C13H14BrCl2NO/c1-2-17-13(18)8-10(7-12(15)16)9-3-5-11(14)6-4-9/h3-7,10H,2,8H2,1H3,(H,17,18)/t10-/m0/s1. The molecule has 5 heteroatoms. The Morgan fingerprint density at radius 1 is 1.39 bits per heavy atom. The number of amides is 1. The molecule has 0 aromatic heterocycles. The van der Waals surface area contributed by atoms with Crippen LogP contribution in [0.5, 0.6) is 0 Å². The number of hydrogen-bond acceptors (Lipinski definition) is 1. The van der Waals surface area contributed by atoms with E-state index in [2.05, 4.69) is 21.2 Å². The van der Waals surface area contributed by atoms with Gasteiger partial charge in [-0.05, 0) is 30.7 Å². The molecule has 1 aromatic rings. The van der Waals surface area contributed by atoms with E-state index in [1.165, 1.54) is 0 Å². The van der Waals surface area contributed by atoms with E-state index in [1.807, 2.05) is 31.2 Å². The molecule has 1 amide bonds. The van der Waals surface area contributed by atoms with E-state index in [0.29, 0.717) is 13.0 Å². The third kappa shape index (κ3) is 5.42. The van der Waals surface area contributed by atoms with Gasteiger partial charge in [-0.25, -0.2) is 0 Å². The summed E-state index contributed by atoms with van der Waals surface area (Å²) >= 11 is 14.8. The first-order chi connectivity index (χ1) is 8.52. The van der Waals surface area contributed by atoms with Gasteiger partial charge in [0.05, 0.1) is 0 Å². The maximum absolute atomic E-state index is 11.6. The van der Waals surface area contributed by atoms with Crippen molar-refractivity contribution in [1.82, 2.24) is 5.32 Å². The molecule has 0 bridgehead atoms. The van der Waals surface area contributed by atoms with Gasteiger partial charge in [-0.1, -0.05) is 51.3 Å². The van der Waals surface area contributed by atoms with Crippen LogP contribution in [0.25, 0.3) is 0 Å². The molecule has 0 spiro atoms. The molecule has 0 radical (unpaired) electrons. The van der Waals surface area contributed by atoms with Crippen molar-refractivity contribution < 1.29 is 4.79 Å². The molecule has 1 N–H and O–H groups in total. The van der Waals surface area contributed by atoms with Crippen molar-refractivity contribution in [3.05, 3.63) is 44.9 Å². The second-order valence-corrected chi connectivity index (χ2v) is 5.70. The molecular weight excluding hydrogens is 337 g/mol. The third-order valence-corrected chi connectivity index (χ3v) is 3.19. The van der Waals surface area contributed by atoms with E-state index in [1.54, 1.807) is 6.08 Å². The molecule has 98 valence electrons. The minimum atomic E-state index is -0.116. The van der Waals surface area contributed by atoms with E-state index in [9.17, 15) is 4.79 Å². The average molecular weight is 351 g/mol. The summed E-state index contributed by atoms with van der Waals surface area (Å²) in [6.45, 7) is 2.50. The summed E-state index contributed by atoms with van der Waals surface area (Å²) in [5.41, 5.74) is 1.00. The monoisotopic (exact) mass is 349 g/mol. The molecule has 0 saturated carbocycles. The molecule has 0 saturated heterocycles. The van der Waals surface area contributed by atoms with Crippen LogP contribution in [-0.4, -0.2) is 12.5 Å². The second kappa shape index (κ2) is 7.82. The fraction of sp³-hybridized carbons (Fsp3) is 0.308. The SMILES string of the molecule is CCNC(=O)C[C@H](C=C(Cl)Cl)c1ccc(Br)cc1. The molecular formula is C13H14BrCl2NO. The van der Waals surface area contributed by atoms with Crippen molar-refractivity contribution >= 4 is 45.0 Å².